The van der Waals surface area contributed by atoms with Gasteiger partial charge in [0, 0.05) is 29.7 Å². The number of primary amides is 1. The van der Waals surface area contributed by atoms with Crippen molar-refractivity contribution in [3.8, 4) is 0 Å². The number of nitrogens with two attached hydrogens (primary N) is 1. The van der Waals surface area contributed by atoms with Gasteiger partial charge in [-0.15, -0.1) is 0 Å². The van der Waals surface area contributed by atoms with Crippen LogP contribution in [0.4, 0.5) is 5.69 Å². The summed E-state index contributed by atoms with van der Waals surface area (Å²) in [4.78, 5) is 24.7. The lowest BCUT2D eigenvalue weighted by molar-refractivity contribution is -0.123. The Bertz CT molecular complexity index is 676. The number of benzene rings is 1. The van der Waals surface area contributed by atoms with Gasteiger partial charge in [0.05, 0.1) is 11.4 Å². The molecule has 1 aliphatic rings. The van der Waals surface area contributed by atoms with Crippen molar-refractivity contribution in [3.63, 3.8) is 0 Å². The van der Waals surface area contributed by atoms with E-state index in [2.05, 4.69) is 10.2 Å². The van der Waals surface area contributed by atoms with Crippen LogP contribution < -0.4 is 10.6 Å². The molecule has 0 spiro atoms. The van der Waals surface area contributed by atoms with Gasteiger partial charge in [0.1, 0.15) is 0 Å². The Morgan fingerprint density at radius 1 is 1.53 bits per heavy atom. The van der Waals surface area contributed by atoms with Crippen LogP contribution in [0.1, 0.15) is 12.1 Å². The predicted molar refractivity (Wildman–Crippen MR) is 70.5 cm³/mol. The number of anilines is 1. The molecule has 1 aliphatic heterocycles. The Morgan fingerprint density at radius 2 is 2.32 bits per heavy atom. The van der Waals surface area contributed by atoms with Gasteiger partial charge in [0.25, 0.3) is 0 Å². The summed E-state index contributed by atoms with van der Waals surface area (Å²) >= 11 is 0. The molecule has 3 rings (SSSR count). The molecule has 0 bridgehead atoms. The highest BCUT2D eigenvalue weighted by atomic mass is 16.2. The lowest BCUT2D eigenvalue weighted by Gasteiger charge is -2.16. The Kier molecular flexibility index (Phi) is 2.51. The number of carbonyl (C=O) groups is 2. The number of nitrogens with zero attached hydrogens (tertiary/aromatic N) is 2. The third-order valence-electron chi connectivity index (χ3n) is 3.57. The molecule has 1 fully saturated rings. The summed E-state index contributed by atoms with van der Waals surface area (Å²) in [6, 6.07) is 5.61. The molecule has 0 radical (unpaired) electrons. The molecule has 6 heteroatoms. The quantitative estimate of drug-likeness (QED) is 0.830. The maximum Gasteiger partial charge on any atom is 0.227 e. The molecule has 1 atom stereocenters. The van der Waals surface area contributed by atoms with Gasteiger partial charge in [-0.3, -0.25) is 14.7 Å². The Hall–Kier alpha value is -2.37. The van der Waals surface area contributed by atoms with E-state index in [1.807, 2.05) is 25.1 Å². The first-order valence-electron chi connectivity index (χ1n) is 6.10. The molecule has 19 heavy (non-hydrogen) atoms. The van der Waals surface area contributed by atoms with Crippen molar-refractivity contribution in [1.82, 2.24) is 10.2 Å². The normalized spacial score (nSPS) is 19.3. The van der Waals surface area contributed by atoms with Crippen LogP contribution in [0.5, 0.6) is 0 Å². The summed E-state index contributed by atoms with van der Waals surface area (Å²) in [5.74, 6) is -0.880. The fraction of sp³-hybridized carbons (Fsp3) is 0.308. The maximum atomic E-state index is 11.9. The fourth-order valence-corrected chi connectivity index (χ4v) is 2.44. The van der Waals surface area contributed by atoms with Crippen molar-refractivity contribution in [3.05, 3.63) is 23.9 Å². The van der Waals surface area contributed by atoms with Crippen LogP contribution in [0.25, 0.3) is 10.9 Å². The maximum absolute atomic E-state index is 11.9. The number of amides is 2. The number of nitrogens with one attached hydrogen (secondary N) is 1. The number of rotatable bonds is 2. The van der Waals surface area contributed by atoms with Crippen molar-refractivity contribution < 1.29 is 9.59 Å². The number of hydrogen-bond donors (Lipinski definition) is 2. The highest BCUT2D eigenvalue weighted by Crippen LogP contribution is 2.28. The second-order valence-electron chi connectivity index (χ2n) is 4.86. The van der Waals surface area contributed by atoms with E-state index in [0.717, 1.165) is 22.3 Å². The summed E-state index contributed by atoms with van der Waals surface area (Å²) in [7, 11) is 0. The van der Waals surface area contributed by atoms with Crippen LogP contribution in [-0.2, 0) is 9.59 Å². The minimum absolute atomic E-state index is 0.0655. The van der Waals surface area contributed by atoms with Crippen molar-refractivity contribution in [1.29, 1.82) is 0 Å². The average molecular weight is 258 g/mol. The van der Waals surface area contributed by atoms with Gasteiger partial charge in [-0.25, -0.2) is 0 Å². The number of aromatic amines is 1. The Labute approximate surface area is 109 Å². The summed E-state index contributed by atoms with van der Waals surface area (Å²) in [5, 5.41) is 8.03. The van der Waals surface area contributed by atoms with E-state index >= 15 is 0 Å². The molecule has 6 nitrogen and oxygen atoms in total. The lowest BCUT2D eigenvalue weighted by atomic mass is 10.1. The predicted octanol–water partition coefficient (Wildman–Crippen LogP) is 0.710. The zero-order valence-corrected chi connectivity index (χ0v) is 10.5. The SMILES string of the molecule is Cc1[nH]nc2ccc(N3CC(C(N)=O)CC3=O)cc12. The third-order valence-corrected chi connectivity index (χ3v) is 3.57. The van der Waals surface area contributed by atoms with Gasteiger partial charge in [-0.2, -0.15) is 5.10 Å². The van der Waals surface area contributed by atoms with Crippen LogP contribution in [0.3, 0.4) is 0 Å². The molecule has 1 aromatic heterocycles. The minimum Gasteiger partial charge on any atom is -0.369 e. The summed E-state index contributed by atoms with van der Waals surface area (Å²) in [5.41, 5.74) is 7.86. The van der Waals surface area contributed by atoms with Gasteiger partial charge in [-0.1, -0.05) is 0 Å². The van der Waals surface area contributed by atoms with E-state index in [0.29, 0.717) is 6.54 Å². The van der Waals surface area contributed by atoms with Gasteiger partial charge in [0.2, 0.25) is 11.8 Å². The molecule has 2 heterocycles. The van der Waals surface area contributed by atoms with Gasteiger partial charge >= 0.3 is 0 Å². The fourth-order valence-electron chi connectivity index (χ4n) is 2.44. The van der Waals surface area contributed by atoms with E-state index in [9.17, 15) is 9.59 Å². The highest BCUT2D eigenvalue weighted by molar-refractivity contribution is 6.01. The van der Waals surface area contributed by atoms with Crippen LogP contribution in [0.15, 0.2) is 18.2 Å². The highest BCUT2D eigenvalue weighted by Gasteiger charge is 2.33. The lowest BCUT2D eigenvalue weighted by Crippen LogP contribution is -2.28. The molecule has 2 amide bonds. The molecule has 0 saturated carbocycles. The van der Waals surface area contributed by atoms with Crippen molar-refractivity contribution in [2.24, 2.45) is 11.7 Å². The van der Waals surface area contributed by atoms with Crippen molar-refractivity contribution in [2.45, 2.75) is 13.3 Å². The zero-order chi connectivity index (χ0) is 13.6. The monoisotopic (exact) mass is 258 g/mol. The molecule has 0 aliphatic carbocycles. The van der Waals surface area contributed by atoms with Crippen LogP contribution in [0.2, 0.25) is 0 Å². The first-order valence-corrected chi connectivity index (χ1v) is 6.10. The first kappa shape index (κ1) is 11.7. The number of hydrogen-bond acceptors (Lipinski definition) is 3. The molecule has 1 unspecified atom stereocenters. The second kappa shape index (κ2) is 4.08. The van der Waals surface area contributed by atoms with Gasteiger partial charge in [0.15, 0.2) is 0 Å². The summed E-state index contributed by atoms with van der Waals surface area (Å²) in [6.07, 6.45) is 0.192. The van der Waals surface area contributed by atoms with E-state index in [-0.39, 0.29) is 12.3 Å². The molecule has 3 N–H and O–H groups in total. The second-order valence-corrected chi connectivity index (χ2v) is 4.86. The largest absolute Gasteiger partial charge is 0.369 e. The number of aryl methyl sites for hydroxylation is 1. The first-order chi connectivity index (χ1) is 9.06. The van der Waals surface area contributed by atoms with Gasteiger partial charge in [-0.05, 0) is 25.1 Å². The molecular formula is C13H14N4O2. The van der Waals surface area contributed by atoms with E-state index in [4.69, 9.17) is 5.73 Å². The molecule has 1 aromatic carbocycles. The van der Waals surface area contributed by atoms with Crippen LogP contribution in [0, 0.1) is 12.8 Å². The third kappa shape index (κ3) is 1.85. The zero-order valence-electron chi connectivity index (χ0n) is 10.5. The van der Waals surface area contributed by atoms with E-state index < -0.39 is 11.8 Å². The summed E-state index contributed by atoms with van der Waals surface area (Å²) in [6.45, 7) is 2.29. The Morgan fingerprint density at radius 3 is 3.00 bits per heavy atom. The smallest absolute Gasteiger partial charge is 0.227 e. The van der Waals surface area contributed by atoms with Crippen molar-refractivity contribution in [2.75, 3.05) is 11.4 Å². The molecule has 98 valence electrons. The summed E-state index contributed by atoms with van der Waals surface area (Å²) < 4.78 is 0. The van der Waals surface area contributed by atoms with E-state index in [1.165, 1.54) is 0 Å². The average Bonchev–Trinajstić information content (AvgIpc) is 2.93. The number of aromatic nitrogens is 2. The molecular weight excluding hydrogens is 244 g/mol. The van der Waals surface area contributed by atoms with Crippen LogP contribution >= 0.6 is 0 Å². The molecule has 1 saturated heterocycles. The van der Waals surface area contributed by atoms with Crippen LogP contribution in [-0.4, -0.2) is 28.6 Å². The van der Waals surface area contributed by atoms with Gasteiger partial charge < -0.3 is 10.6 Å². The minimum atomic E-state index is -0.420. The topological polar surface area (TPSA) is 92.1 Å². The number of H-pyrrole nitrogens is 1. The number of fused-ring (bicyclic) bond motifs is 1. The molecule has 2 aromatic rings. The standard InChI is InChI=1S/C13H14N4O2/c1-7-10-5-9(2-3-11(10)16-15-7)17-6-8(13(14)19)4-12(17)18/h2-3,5,8H,4,6H2,1H3,(H2,14,19)(H,15,16). The number of carbonyl (C=O) groups excluding carboxylic acids is 2. The Balaban J connectivity index is 1.98. The van der Waals surface area contributed by atoms with Crippen molar-refractivity contribution >= 4 is 28.4 Å². The van der Waals surface area contributed by atoms with E-state index in [1.54, 1.807) is 4.90 Å².